The van der Waals surface area contributed by atoms with Crippen molar-refractivity contribution in [3.63, 3.8) is 0 Å². The van der Waals surface area contributed by atoms with Gasteiger partial charge in [0.05, 0.1) is 77.3 Å². The van der Waals surface area contributed by atoms with Crippen LogP contribution in [0.15, 0.2) is 164 Å². The number of benzene rings is 5. The van der Waals surface area contributed by atoms with Gasteiger partial charge in [-0.1, -0.05) is 100 Å². The van der Waals surface area contributed by atoms with E-state index in [4.69, 9.17) is 38.5 Å². The van der Waals surface area contributed by atoms with Crippen molar-refractivity contribution in [2.45, 2.75) is 54.5 Å². The van der Waals surface area contributed by atoms with E-state index in [0.29, 0.717) is 38.2 Å². The van der Waals surface area contributed by atoms with E-state index in [9.17, 15) is 19.2 Å². The molecule has 3 radical (unpaired) electrons. The molecule has 0 saturated heterocycles. The van der Waals surface area contributed by atoms with Gasteiger partial charge in [0.2, 0.25) is 0 Å². The maximum absolute atomic E-state index is 11.4. The Balaban J connectivity index is 0. The van der Waals surface area contributed by atoms with Crippen LogP contribution in [0.2, 0.25) is 0 Å². The van der Waals surface area contributed by atoms with Gasteiger partial charge in [-0.2, -0.15) is 0 Å². The topological polar surface area (TPSA) is 307 Å². The van der Waals surface area contributed by atoms with Gasteiger partial charge in [0.1, 0.15) is 33.9 Å². The van der Waals surface area contributed by atoms with E-state index in [-0.39, 0.29) is 96.9 Å². The van der Waals surface area contributed by atoms with E-state index in [0.717, 1.165) is 110 Å². The molecule has 0 fully saturated rings. The Morgan fingerprint density at radius 3 is 1.09 bits per heavy atom. The molecule has 8 aromatic heterocycles. The molecule has 13 aromatic rings. The van der Waals surface area contributed by atoms with Gasteiger partial charge in [-0.3, -0.25) is 24.2 Å². The zero-order valence-corrected chi connectivity index (χ0v) is 70.9. The molecule has 0 aliphatic rings. The molecular formula is C63H74BBr4Cl4N16NaO7PS3. The van der Waals surface area contributed by atoms with Crippen LogP contribution in [0.5, 0.6) is 0 Å². The number of aryl methyl sites for hydroxylation is 8. The summed E-state index contributed by atoms with van der Waals surface area (Å²) in [5, 5.41) is 25.2. The van der Waals surface area contributed by atoms with Crippen molar-refractivity contribution in [2.75, 3.05) is 19.6 Å². The molecule has 100 heavy (non-hydrogen) atoms. The predicted octanol–water partition coefficient (Wildman–Crippen LogP) is 11.8. The largest absolute Gasteiger partial charge is 1.00 e. The van der Waals surface area contributed by atoms with Crippen LogP contribution < -0.4 is 46.2 Å². The Hall–Kier alpha value is -4.87. The minimum Gasteiger partial charge on any atom is -1.00 e. The van der Waals surface area contributed by atoms with Crippen molar-refractivity contribution < 1.29 is 51.1 Å². The van der Waals surface area contributed by atoms with E-state index < -0.39 is 0 Å². The summed E-state index contributed by atoms with van der Waals surface area (Å²) < 4.78 is 10.1. The van der Waals surface area contributed by atoms with Crippen LogP contribution in [0.3, 0.4) is 0 Å². The number of fused-ring (bicyclic) bond motifs is 5. The van der Waals surface area contributed by atoms with Gasteiger partial charge in [0.15, 0.2) is 27.2 Å². The maximum Gasteiger partial charge on any atom is 1.00 e. The van der Waals surface area contributed by atoms with Gasteiger partial charge in [-0.25, -0.2) is 34.9 Å². The van der Waals surface area contributed by atoms with Crippen LogP contribution in [0.4, 0.5) is 0 Å². The quantitative estimate of drug-likeness (QED) is 0.0134. The summed E-state index contributed by atoms with van der Waals surface area (Å²) in [5.74, 6) is 5.49. The molecule has 5 aromatic carbocycles. The number of aldehydes is 1. The minimum absolute atomic E-state index is 0. The van der Waals surface area contributed by atoms with Crippen molar-refractivity contribution in [1.29, 1.82) is 0 Å². The Labute approximate surface area is 672 Å². The van der Waals surface area contributed by atoms with Crippen molar-refractivity contribution in [1.82, 2.24) is 77.7 Å². The Kier molecular flexibility index (Phi) is 48.1. The molecule has 0 atom stereocenters. The first-order chi connectivity index (χ1) is 46.1. The van der Waals surface area contributed by atoms with Crippen molar-refractivity contribution >= 4 is 220 Å². The van der Waals surface area contributed by atoms with Crippen LogP contribution in [-0.2, 0) is 58.7 Å². The Bertz CT molecular complexity index is 4590. The van der Waals surface area contributed by atoms with Crippen molar-refractivity contribution in [3.8, 4) is 0 Å². The first-order valence-electron chi connectivity index (χ1n) is 28.2. The first-order valence-corrected chi connectivity index (χ1v) is 40.2. The van der Waals surface area contributed by atoms with E-state index in [1.54, 1.807) is 11.5 Å². The van der Waals surface area contributed by atoms with Crippen LogP contribution in [-0.4, -0.2) is 127 Å². The number of rotatable bonds is 9. The van der Waals surface area contributed by atoms with Gasteiger partial charge in [-0.15, -0.1) is 48.0 Å². The summed E-state index contributed by atoms with van der Waals surface area (Å²) in [6, 6.07) is 44.1. The fraction of sp³-hybridized carbons (Fsp3) is 0.238. The van der Waals surface area contributed by atoms with Gasteiger partial charge < -0.3 is 54.5 Å². The summed E-state index contributed by atoms with van der Waals surface area (Å²) in [7, 11) is 11.8. The number of hydrogen-bond acceptors (Lipinski definition) is 17. The van der Waals surface area contributed by atoms with E-state index in [1.165, 1.54) is 47.2 Å². The minimum atomic E-state index is -0.183. The number of aliphatic hydroxyl groups excluding tert-OH is 3. The van der Waals surface area contributed by atoms with E-state index >= 15 is 0 Å². The number of nitrogens with one attached hydrogen (secondary N) is 4. The molecule has 0 amide bonds. The fourth-order valence-corrected chi connectivity index (χ4v) is 11.2. The van der Waals surface area contributed by atoms with Gasteiger partial charge >= 0.3 is 29.6 Å². The normalized spacial score (nSPS) is 9.80. The van der Waals surface area contributed by atoms with Crippen LogP contribution in [0.1, 0.15) is 52.4 Å². The van der Waals surface area contributed by atoms with Gasteiger partial charge in [-0.05, 0) is 140 Å². The number of aromatic amines is 4. The zero-order valence-electron chi connectivity index (χ0n) is 57.1. The summed E-state index contributed by atoms with van der Waals surface area (Å²) in [5.41, 5.74) is 12.1. The smallest absolute Gasteiger partial charge is 1.00 e. The summed E-state index contributed by atoms with van der Waals surface area (Å²) in [6.07, 6.45) is 0.764. The molecule has 0 spiro atoms. The zero-order chi connectivity index (χ0) is 71.0. The molecule has 531 valence electrons. The predicted molar refractivity (Wildman–Crippen MR) is 431 cm³/mol. The average molecular weight is 1790 g/mol. The number of aliphatic hydroxyl groups is 3. The average Bonchev–Trinajstić information content (AvgIpc) is 1.70. The monoisotopic (exact) mass is 1780 g/mol. The first kappa shape index (κ1) is 95.1. The summed E-state index contributed by atoms with van der Waals surface area (Å²) in [4.78, 5) is 85.1. The molecule has 23 nitrogen and oxygen atoms in total. The fourth-order valence-electron chi connectivity index (χ4n) is 8.67. The second-order valence-electron chi connectivity index (χ2n) is 19.3. The molecule has 0 bridgehead atoms. The van der Waals surface area contributed by atoms with E-state index in [1.807, 2.05) is 169 Å². The van der Waals surface area contributed by atoms with Crippen LogP contribution in [0, 0.1) is 25.5 Å². The number of carbonyl (C=O) groups excluding carboxylic acids is 1. The Morgan fingerprint density at radius 1 is 0.510 bits per heavy atom. The summed E-state index contributed by atoms with van der Waals surface area (Å²) in [6.45, 7) is 5.40. The second kappa shape index (κ2) is 50.5. The standard InChI is InChI=1S/2C14H14N4OS.C9H9BrN2.C9H10N2O.C9H8N2O.C5H6N2OS.CH2Cl2.2CH4O.B.Br3P.2ClH.Na.H/c2*1-9-7-13(19)17-14(15-9)20-8-12-16-10-5-3-4-6-11(10)18(12)2;1-12-8-5-3-2-4-7(8)11-9(12)6-10;2*1-11-8-5-3-2-4-7(8)10-9(11)6-12;1-3-2-4(8)7-5(9)6-3;2-1-3;2*1-2;;1-4(2)3;;;;/h2*3-7H,8H2,1-2H3,(H,15,17,19);2-5H,6H2,1H3;2-5,12H,6H2,1H3;2-6H,1H3;2H,1H3,(H2,6,7,8,9);1H2;2*2H,1H3;;;2*1H;;/q;;;;;;;;;;;;;+1;-1. The number of H-pyrrole nitrogens is 4. The maximum atomic E-state index is 11.4. The molecule has 7 N–H and O–H groups in total. The molecule has 0 unspecified atom stereocenters. The van der Waals surface area contributed by atoms with Crippen LogP contribution >= 0.6 is 150 Å². The molecule has 0 aliphatic carbocycles. The number of thioether (sulfide) groups is 2. The van der Waals surface area contributed by atoms with Gasteiger partial charge in [0, 0.05) is 93.2 Å². The molecule has 8 heterocycles. The number of imidazole rings is 5. The SMILES string of the molecule is BrP(Br)Br.CO.CO.Cc1cc(=O)[nH]c(=S)[nH]1.Cc1cc(=O)[nH]c(SCc2nc3ccccc3n2C)n1.Cc1cc(=O)[nH]c(SCc2nc3ccccc3n2C)n1.Cl.Cl.ClCCl.Cn1c(C=O)nc2ccccc21.Cn1c(CBr)nc2ccccc21.Cn1c(CO)nc2ccccc21.[B].[H-].[Na+]. The second-order valence-corrected chi connectivity index (χ2v) is 38.3. The molecule has 0 saturated carbocycles. The molecule has 37 heteroatoms. The number of para-hydroxylation sites is 10. The Morgan fingerprint density at radius 2 is 0.800 bits per heavy atom. The summed E-state index contributed by atoms with van der Waals surface area (Å²) >= 11 is 30.1. The van der Waals surface area contributed by atoms with E-state index in [2.05, 4.69) is 149 Å². The van der Waals surface area contributed by atoms with Crippen molar-refractivity contribution in [2.24, 2.45) is 35.2 Å². The number of nitrogens with zero attached hydrogens (tertiary/aromatic N) is 12. The van der Waals surface area contributed by atoms with Gasteiger partial charge in [0.25, 0.3) is 16.7 Å². The third kappa shape index (κ3) is 30.1. The molecule has 13 rings (SSSR count). The number of aromatic nitrogens is 16. The third-order valence-corrected chi connectivity index (χ3v) is 15.4. The number of hydrogen-bond donors (Lipinski definition) is 7. The van der Waals surface area contributed by atoms with Crippen LogP contribution in [0.25, 0.3) is 55.2 Å². The van der Waals surface area contributed by atoms with Crippen molar-refractivity contribution in [3.05, 3.63) is 222 Å². The molecular weight excluding hydrogens is 1720 g/mol. The number of carbonyl (C=O) groups is 1. The number of halogens is 8. The third-order valence-electron chi connectivity index (χ3n) is 13.0. The number of alkyl halides is 3. The molecule has 0 aliphatic heterocycles.